The van der Waals surface area contributed by atoms with Crippen molar-refractivity contribution >= 4 is 35.0 Å². The fourth-order valence-electron chi connectivity index (χ4n) is 2.73. The van der Waals surface area contributed by atoms with Crippen LogP contribution in [0.2, 0.25) is 0 Å². The third-order valence-electron chi connectivity index (χ3n) is 4.18. The first kappa shape index (κ1) is 19.2. The number of carbonyl (C=O) groups is 2. The van der Waals surface area contributed by atoms with Gasteiger partial charge in [0.05, 0.1) is 26.1 Å². The molecule has 0 bridgehead atoms. The summed E-state index contributed by atoms with van der Waals surface area (Å²) < 4.78 is 9.73. The van der Waals surface area contributed by atoms with Crippen LogP contribution in [0.25, 0.3) is 0 Å². The van der Waals surface area contributed by atoms with E-state index < -0.39 is 0 Å². The molecule has 0 unspecified atom stereocenters. The lowest BCUT2D eigenvalue weighted by Gasteiger charge is -2.32. The van der Waals surface area contributed by atoms with Crippen LogP contribution in [0.5, 0.6) is 0 Å². The third-order valence-corrected chi connectivity index (χ3v) is 4.54. The smallest absolute Gasteiger partial charge is 0.309 e. The van der Waals surface area contributed by atoms with Crippen molar-refractivity contribution < 1.29 is 19.1 Å². The molecule has 0 radical (unpaired) electrons. The molecule has 1 N–H and O–H groups in total. The van der Waals surface area contributed by atoms with Crippen LogP contribution in [0.15, 0.2) is 24.3 Å². The van der Waals surface area contributed by atoms with Gasteiger partial charge < -0.3 is 19.7 Å². The van der Waals surface area contributed by atoms with Crippen LogP contribution >= 0.6 is 12.2 Å². The maximum atomic E-state index is 11.8. The monoisotopic (exact) mass is 364 g/mol. The number of nitrogens with one attached hydrogen (secondary N) is 1. The Labute approximate surface area is 153 Å². The lowest BCUT2D eigenvalue weighted by Crippen LogP contribution is -2.42. The first-order valence-corrected chi connectivity index (χ1v) is 8.82. The zero-order chi connectivity index (χ0) is 18.2. The van der Waals surface area contributed by atoms with Gasteiger partial charge in [0, 0.05) is 18.8 Å². The van der Waals surface area contributed by atoms with E-state index in [0.717, 1.165) is 37.2 Å². The van der Waals surface area contributed by atoms with Crippen LogP contribution in [0.4, 0.5) is 5.69 Å². The van der Waals surface area contributed by atoms with Gasteiger partial charge in [0.1, 0.15) is 0 Å². The molecule has 1 aromatic carbocycles. The number of carbonyl (C=O) groups excluding carboxylic acids is 2. The van der Waals surface area contributed by atoms with Gasteiger partial charge in [-0.2, -0.15) is 0 Å². The fourth-order valence-corrected chi connectivity index (χ4v) is 3.03. The number of hydrogen-bond donors (Lipinski definition) is 1. The molecule has 0 spiro atoms. The lowest BCUT2D eigenvalue weighted by molar-refractivity contribution is -0.149. The van der Waals surface area contributed by atoms with Crippen LogP contribution in [-0.4, -0.2) is 48.8 Å². The SMILES string of the molecule is CCOC(=O)C1CCN(C(=S)Nc2ccc(CC(=O)OC)cc2)CC1. The van der Waals surface area contributed by atoms with Gasteiger partial charge in [-0.25, -0.2) is 0 Å². The van der Waals surface area contributed by atoms with E-state index in [1.807, 2.05) is 31.2 Å². The van der Waals surface area contributed by atoms with Crippen molar-refractivity contribution in [2.45, 2.75) is 26.2 Å². The number of nitrogens with zero attached hydrogens (tertiary/aromatic N) is 1. The molecular weight excluding hydrogens is 340 g/mol. The van der Waals surface area contributed by atoms with Crippen molar-refractivity contribution in [1.29, 1.82) is 0 Å². The van der Waals surface area contributed by atoms with Gasteiger partial charge in [0.25, 0.3) is 0 Å². The van der Waals surface area contributed by atoms with Crippen molar-refractivity contribution in [3.05, 3.63) is 29.8 Å². The molecule has 2 rings (SSSR count). The largest absolute Gasteiger partial charge is 0.469 e. The van der Waals surface area contributed by atoms with Gasteiger partial charge in [-0.3, -0.25) is 9.59 Å². The number of methoxy groups -OCH3 is 1. The number of anilines is 1. The predicted octanol–water partition coefficient (Wildman–Crippen LogP) is 2.37. The lowest BCUT2D eigenvalue weighted by atomic mass is 9.97. The highest BCUT2D eigenvalue weighted by Crippen LogP contribution is 2.20. The summed E-state index contributed by atoms with van der Waals surface area (Å²) in [5.74, 6) is -0.403. The maximum absolute atomic E-state index is 11.8. The van der Waals surface area contributed by atoms with Crippen molar-refractivity contribution in [3.8, 4) is 0 Å². The molecule has 25 heavy (non-hydrogen) atoms. The van der Waals surface area contributed by atoms with Crippen molar-refractivity contribution in [1.82, 2.24) is 4.90 Å². The Morgan fingerprint density at radius 3 is 2.44 bits per heavy atom. The van der Waals surface area contributed by atoms with E-state index >= 15 is 0 Å². The molecule has 1 aliphatic heterocycles. The normalized spacial score (nSPS) is 14.7. The van der Waals surface area contributed by atoms with Crippen LogP contribution in [0, 0.1) is 5.92 Å². The molecule has 1 saturated heterocycles. The number of esters is 2. The van der Waals surface area contributed by atoms with Crippen molar-refractivity contribution in [2.75, 3.05) is 32.1 Å². The minimum Gasteiger partial charge on any atom is -0.469 e. The highest BCUT2D eigenvalue weighted by Gasteiger charge is 2.26. The van der Waals surface area contributed by atoms with Crippen LogP contribution < -0.4 is 5.32 Å². The van der Waals surface area contributed by atoms with Gasteiger partial charge in [-0.15, -0.1) is 0 Å². The number of likely N-dealkylation sites (tertiary alicyclic amines) is 1. The van der Waals surface area contributed by atoms with Crippen LogP contribution in [0.3, 0.4) is 0 Å². The minimum atomic E-state index is -0.263. The molecule has 0 atom stereocenters. The molecule has 136 valence electrons. The summed E-state index contributed by atoms with van der Waals surface area (Å²) in [7, 11) is 1.38. The highest BCUT2D eigenvalue weighted by molar-refractivity contribution is 7.80. The molecule has 1 aliphatic rings. The summed E-state index contributed by atoms with van der Waals surface area (Å²) in [5.41, 5.74) is 1.75. The second-order valence-electron chi connectivity index (χ2n) is 5.89. The molecule has 7 heteroatoms. The van der Waals surface area contributed by atoms with Gasteiger partial charge >= 0.3 is 11.9 Å². The van der Waals surface area contributed by atoms with E-state index in [-0.39, 0.29) is 24.3 Å². The Hall–Kier alpha value is -2.15. The quantitative estimate of drug-likeness (QED) is 0.635. The molecule has 6 nitrogen and oxygen atoms in total. The minimum absolute atomic E-state index is 0.0309. The Kier molecular flexibility index (Phi) is 7.18. The Morgan fingerprint density at radius 1 is 1.24 bits per heavy atom. The molecule has 1 fully saturated rings. The highest BCUT2D eigenvalue weighted by atomic mass is 32.1. The topological polar surface area (TPSA) is 67.9 Å². The second-order valence-corrected chi connectivity index (χ2v) is 6.28. The number of thiocarbonyl (C=S) groups is 1. The summed E-state index contributed by atoms with van der Waals surface area (Å²) in [5, 5.41) is 3.84. The Balaban J connectivity index is 1.82. The first-order chi connectivity index (χ1) is 12.0. The van der Waals surface area contributed by atoms with E-state index in [2.05, 4.69) is 15.0 Å². The zero-order valence-corrected chi connectivity index (χ0v) is 15.4. The standard InChI is InChI=1S/C18H24N2O4S/c1-3-24-17(22)14-8-10-20(11-9-14)18(25)19-15-6-4-13(5-7-15)12-16(21)23-2/h4-7,14H,3,8-12H2,1-2H3,(H,19,25). The van der Waals surface area contributed by atoms with E-state index in [0.29, 0.717) is 11.7 Å². The molecule has 0 aliphatic carbocycles. The van der Waals surface area contributed by atoms with E-state index in [9.17, 15) is 9.59 Å². The van der Waals surface area contributed by atoms with Crippen LogP contribution in [-0.2, 0) is 25.5 Å². The fraction of sp³-hybridized carbons (Fsp3) is 0.500. The molecular formula is C18H24N2O4S. The van der Waals surface area contributed by atoms with Gasteiger partial charge in [-0.1, -0.05) is 12.1 Å². The summed E-state index contributed by atoms with van der Waals surface area (Å²) in [6, 6.07) is 7.51. The average molecular weight is 364 g/mol. The van der Waals surface area contributed by atoms with Gasteiger partial charge in [0.15, 0.2) is 5.11 Å². The number of rotatable bonds is 5. The summed E-state index contributed by atoms with van der Waals surface area (Å²) >= 11 is 5.46. The van der Waals surface area contributed by atoms with E-state index in [1.165, 1.54) is 7.11 Å². The maximum Gasteiger partial charge on any atom is 0.309 e. The molecule has 0 saturated carbocycles. The number of piperidine rings is 1. The van der Waals surface area contributed by atoms with E-state index in [4.69, 9.17) is 17.0 Å². The zero-order valence-electron chi connectivity index (χ0n) is 14.6. The van der Waals surface area contributed by atoms with Crippen LogP contribution in [0.1, 0.15) is 25.3 Å². The number of hydrogen-bond acceptors (Lipinski definition) is 5. The average Bonchev–Trinajstić information content (AvgIpc) is 2.63. The number of ether oxygens (including phenoxy) is 2. The first-order valence-electron chi connectivity index (χ1n) is 8.41. The second kappa shape index (κ2) is 9.36. The summed E-state index contributed by atoms with van der Waals surface area (Å²) in [4.78, 5) is 25.1. The molecule has 0 aromatic heterocycles. The Morgan fingerprint density at radius 2 is 1.88 bits per heavy atom. The Bertz CT molecular complexity index is 610. The number of benzene rings is 1. The molecule has 0 amide bonds. The molecule has 1 heterocycles. The summed E-state index contributed by atoms with van der Waals surface area (Å²) in [6.07, 6.45) is 1.75. The summed E-state index contributed by atoms with van der Waals surface area (Å²) in [6.45, 7) is 3.71. The third kappa shape index (κ3) is 5.70. The van der Waals surface area contributed by atoms with Crippen molar-refractivity contribution in [2.24, 2.45) is 5.92 Å². The van der Waals surface area contributed by atoms with E-state index in [1.54, 1.807) is 0 Å². The predicted molar refractivity (Wildman–Crippen MR) is 99.3 cm³/mol. The van der Waals surface area contributed by atoms with Crippen molar-refractivity contribution in [3.63, 3.8) is 0 Å². The van der Waals surface area contributed by atoms with Gasteiger partial charge in [-0.05, 0) is 49.7 Å². The molecule has 1 aromatic rings. The van der Waals surface area contributed by atoms with Gasteiger partial charge in [0.2, 0.25) is 0 Å².